The summed E-state index contributed by atoms with van der Waals surface area (Å²) in [6, 6.07) is 17.7. The average molecular weight is 424 g/mol. The number of allylic oxidation sites excluding steroid dienone is 2. The van der Waals surface area contributed by atoms with E-state index in [-0.39, 0.29) is 0 Å². The molecular formula is C27H39N2S+. The van der Waals surface area contributed by atoms with Gasteiger partial charge in [-0.1, -0.05) is 54.6 Å². The Morgan fingerprint density at radius 1 is 0.933 bits per heavy atom. The Bertz CT molecular complexity index is 806. The summed E-state index contributed by atoms with van der Waals surface area (Å²) in [7, 11) is 4.80. The lowest BCUT2D eigenvalue weighted by Crippen LogP contribution is -2.43. The fourth-order valence-electron chi connectivity index (χ4n) is 4.16. The number of nitrogens with zero attached hydrogens (tertiary/aromatic N) is 2. The Morgan fingerprint density at radius 2 is 1.53 bits per heavy atom. The minimum atomic E-state index is 0.802. The Balaban J connectivity index is 1.54. The van der Waals surface area contributed by atoms with E-state index in [1.807, 2.05) is 11.8 Å². The van der Waals surface area contributed by atoms with Gasteiger partial charge in [0.25, 0.3) is 0 Å². The largest absolute Gasteiger partial charge is 0.339 e. The van der Waals surface area contributed by atoms with E-state index in [9.17, 15) is 0 Å². The molecule has 2 aromatic carbocycles. The summed E-state index contributed by atoms with van der Waals surface area (Å²) < 4.78 is 1.11. The van der Waals surface area contributed by atoms with Crippen molar-refractivity contribution in [2.24, 2.45) is 5.92 Å². The molecule has 2 nitrogen and oxygen atoms in total. The lowest BCUT2D eigenvalue weighted by molar-refractivity contribution is -0.890. The monoisotopic (exact) mass is 423 g/mol. The summed E-state index contributed by atoms with van der Waals surface area (Å²) in [5.74, 6) is 0.802. The minimum Gasteiger partial charge on any atom is -0.339 e. The summed E-state index contributed by atoms with van der Waals surface area (Å²) in [5.41, 5.74) is 4.16. The van der Waals surface area contributed by atoms with Crippen molar-refractivity contribution in [3.63, 3.8) is 0 Å². The van der Waals surface area contributed by atoms with E-state index < -0.39 is 0 Å². The summed E-state index contributed by atoms with van der Waals surface area (Å²) in [6.07, 6.45) is 7.43. The maximum absolute atomic E-state index is 2.53. The Kier molecular flexibility index (Phi) is 8.07. The van der Waals surface area contributed by atoms with Gasteiger partial charge < -0.3 is 9.38 Å². The molecule has 0 aliphatic carbocycles. The van der Waals surface area contributed by atoms with Crippen LogP contribution in [0, 0.1) is 5.92 Å². The first-order chi connectivity index (χ1) is 14.4. The highest BCUT2D eigenvalue weighted by atomic mass is 32.2. The van der Waals surface area contributed by atoms with Crippen LogP contribution in [0.1, 0.15) is 46.5 Å². The van der Waals surface area contributed by atoms with Crippen molar-refractivity contribution < 1.29 is 4.48 Å². The standard InChI is InChI=1S/C27H39N2S/c1-22(2)12-10-13-23(3)18-21-29(4,5)20-11-19-28-24-14-6-8-16-26(24)30-27-17-9-7-15-25(27)28/h6-9,12,14-17,23H,10-11,13,18-21H2,1-5H3/q+1. The molecule has 1 aliphatic rings. The van der Waals surface area contributed by atoms with Gasteiger partial charge in [-0.3, -0.25) is 0 Å². The molecule has 0 N–H and O–H groups in total. The smallest absolute Gasteiger partial charge is 0.0799 e. The van der Waals surface area contributed by atoms with Crippen LogP contribution < -0.4 is 4.90 Å². The van der Waals surface area contributed by atoms with Crippen molar-refractivity contribution in [3.05, 3.63) is 60.2 Å². The van der Waals surface area contributed by atoms with Crippen LogP contribution in [-0.4, -0.2) is 38.2 Å². The van der Waals surface area contributed by atoms with Crippen LogP contribution in [0.5, 0.6) is 0 Å². The van der Waals surface area contributed by atoms with Gasteiger partial charge in [-0.2, -0.15) is 0 Å². The van der Waals surface area contributed by atoms with Gasteiger partial charge in [-0.25, -0.2) is 0 Å². The molecule has 0 fully saturated rings. The van der Waals surface area contributed by atoms with Gasteiger partial charge in [-0.05, 0) is 63.3 Å². The zero-order valence-electron chi connectivity index (χ0n) is 19.5. The molecule has 1 heterocycles. The number of para-hydroxylation sites is 2. The van der Waals surface area contributed by atoms with Crippen LogP contribution in [0.2, 0.25) is 0 Å². The quantitative estimate of drug-likeness (QED) is 0.287. The van der Waals surface area contributed by atoms with Crippen molar-refractivity contribution in [2.45, 2.75) is 56.2 Å². The van der Waals surface area contributed by atoms with Crippen LogP contribution in [-0.2, 0) is 0 Å². The molecule has 0 saturated heterocycles. The molecular weight excluding hydrogens is 384 g/mol. The van der Waals surface area contributed by atoms with E-state index in [4.69, 9.17) is 0 Å². The van der Waals surface area contributed by atoms with Crippen LogP contribution in [0.25, 0.3) is 0 Å². The second kappa shape index (κ2) is 10.5. The maximum atomic E-state index is 2.53. The number of fused-ring (bicyclic) bond motifs is 2. The van der Waals surface area contributed by atoms with E-state index >= 15 is 0 Å². The zero-order valence-corrected chi connectivity index (χ0v) is 20.3. The SMILES string of the molecule is CC(C)=CCCC(C)CC[N+](C)(C)CCCN1c2ccccc2Sc2ccccc21. The van der Waals surface area contributed by atoms with Crippen molar-refractivity contribution >= 4 is 23.1 Å². The van der Waals surface area contributed by atoms with Gasteiger partial charge in [-0.15, -0.1) is 0 Å². The normalized spacial score (nSPS) is 14.1. The van der Waals surface area contributed by atoms with E-state index in [2.05, 4.69) is 94.4 Å². The van der Waals surface area contributed by atoms with Crippen molar-refractivity contribution in [2.75, 3.05) is 38.6 Å². The van der Waals surface area contributed by atoms with Crippen LogP contribution in [0.15, 0.2) is 70.0 Å². The lowest BCUT2D eigenvalue weighted by atomic mass is 10.0. The topological polar surface area (TPSA) is 3.24 Å². The molecule has 162 valence electrons. The molecule has 30 heavy (non-hydrogen) atoms. The molecule has 0 amide bonds. The van der Waals surface area contributed by atoms with Crippen molar-refractivity contribution in [3.8, 4) is 0 Å². The molecule has 0 aromatic heterocycles. The second-order valence-electron chi connectivity index (χ2n) is 9.68. The third kappa shape index (κ3) is 6.39. The fourth-order valence-corrected chi connectivity index (χ4v) is 5.26. The molecule has 0 bridgehead atoms. The number of quaternary nitrogens is 1. The van der Waals surface area contributed by atoms with Crippen molar-refractivity contribution in [1.29, 1.82) is 0 Å². The third-order valence-electron chi connectivity index (χ3n) is 6.12. The number of rotatable bonds is 10. The first-order valence-electron chi connectivity index (χ1n) is 11.4. The highest BCUT2D eigenvalue weighted by molar-refractivity contribution is 7.99. The van der Waals surface area contributed by atoms with Crippen LogP contribution in [0.3, 0.4) is 0 Å². The zero-order chi connectivity index (χ0) is 21.6. The molecule has 0 saturated carbocycles. The number of anilines is 2. The van der Waals surface area contributed by atoms with E-state index in [1.165, 1.54) is 65.5 Å². The van der Waals surface area contributed by atoms with Gasteiger partial charge in [0, 0.05) is 22.8 Å². The highest BCUT2D eigenvalue weighted by Crippen LogP contribution is 2.47. The third-order valence-corrected chi connectivity index (χ3v) is 7.25. The summed E-state index contributed by atoms with van der Waals surface area (Å²) in [4.78, 5) is 5.27. The number of benzene rings is 2. The van der Waals surface area contributed by atoms with E-state index in [0.29, 0.717) is 0 Å². The predicted octanol–water partition coefficient (Wildman–Crippen LogP) is 7.53. The highest BCUT2D eigenvalue weighted by Gasteiger charge is 2.24. The minimum absolute atomic E-state index is 0.802. The molecule has 1 unspecified atom stereocenters. The summed E-state index contributed by atoms with van der Waals surface area (Å²) >= 11 is 1.90. The van der Waals surface area contributed by atoms with Crippen molar-refractivity contribution in [1.82, 2.24) is 0 Å². The van der Waals surface area contributed by atoms with Gasteiger partial charge in [0.1, 0.15) is 0 Å². The van der Waals surface area contributed by atoms with E-state index in [0.717, 1.165) is 16.9 Å². The predicted molar refractivity (Wildman–Crippen MR) is 133 cm³/mol. The Hall–Kier alpha value is -1.71. The van der Waals surface area contributed by atoms with Gasteiger partial charge in [0.05, 0.1) is 38.6 Å². The lowest BCUT2D eigenvalue weighted by Gasteiger charge is -2.35. The average Bonchev–Trinajstić information content (AvgIpc) is 2.71. The van der Waals surface area contributed by atoms with Gasteiger partial charge >= 0.3 is 0 Å². The number of hydrogen-bond acceptors (Lipinski definition) is 2. The van der Waals surface area contributed by atoms with Crippen LogP contribution in [0.4, 0.5) is 11.4 Å². The first-order valence-corrected chi connectivity index (χ1v) is 12.3. The fraction of sp³-hybridized carbons (Fsp3) is 0.481. The molecule has 3 rings (SSSR count). The summed E-state index contributed by atoms with van der Waals surface area (Å²) in [6.45, 7) is 10.4. The first kappa shape index (κ1) is 23.0. The molecule has 2 aromatic rings. The molecule has 1 atom stereocenters. The second-order valence-corrected chi connectivity index (χ2v) is 10.8. The maximum Gasteiger partial charge on any atom is 0.0799 e. The molecule has 0 radical (unpaired) electrons. The van der Waals surface area contributed by atoms with E-state index in [1.54, 1.807) is 0 Å². The van der Waals surface area contributed by atoms with Crippen LogP contribution >= 0.6 is 11.8 Å². The van der Waals surface area contributed by atoms with Gasteiger partial charge in [0.2, 0.25) is 0 Å². The Labute approximate surface area is 188 Å². The summed E-state index contributed by atoms with van der Waals surface area (Å²) in [5, 5.41) is 0. The number of hydrogen-bond donors (Lipinski definition) is 0. The molecule has 0 spiro atoms. The Morgan fingerprint density at radius 3 is 2.13 bits per heavy atom. The van der Waals surface area contributed by atoms with Gasteiger partial charge in [0.15, 0.2) is 0 Å². The molecule has 1 aliphatic heterocycles. The molecule has 3 heteroatoms.